The zero-order chi connectivity index (χ0) is 12.3. The summed E-state index contributed by atoms with van der Waals surface area (Å²) in [5.41, 5.74) is 0.0378. The summed E-state index contributed by atoms with van der Waals surface area (Å²) in [4.78, 5) is 11.8. The maximum atomic E-state index is 11.8. The number of carbonyl (C=O) groups excluding carboxylic acids is 1. The number of rotatable bonds is 1. The number of hydrogen-bond donors (Lipinski definition) is 0. The van der Waals surface area contributed by atoms with E-state index >= 15 is 0 Å². The number of hydrogen-bond acceptors (Lipinski definition) is 3. The lowest BCUT2D eigenvalue weighted by atomic mass is 10.1. The molecule has 1 aromatic carbocycles. The monoisotopic (exact) mass is 281 g/mol. The summed E-state index contributed by atoms with van der Waals surface area (Å²) >= 11 is 3.26. The summed E-state index contributed by atoms with van der Waals surface area (Å²) < 4.78 is 5.95. The van der Waals surface area contributed by atoms with Gasteiger partial charge in [0.1, 0.15) is 11.7 Å². The highest BCUT2D eigenvalue weighted by Crippen LogP contribution is 2.19. The second kappa shape index (κ2) is 4.67. The van der Waals surface area contributed by atoms with Gasteiger partial charge in [-0.3, -0.25) is 0 Å². The SMILES string of the molecule is CC(C)(C)OC(=O)c1cc(Br)ccc1C#N. The first kappa shape index (κ1) is 12.7. The Balaban J connectivity index is 3.08. The molecule has 0 amide bonds. The van der Waals surface area contributed by atoms with Crippen LogP contribution < -0.4 is 0 Å². The molecule has 0 spiro atoms. The predicted molar refractivity (Wildman–Crippen MR) is 64.0 cm³/mol. The number of halogens is 1. The molecule has 1 aromatic rings. The molecule has 84 valence electrons. The van der Waals surface area contributed by atoms with Gasteiger partial charge in [0.05, 0.1) is 11.1 Å². The Morgan fingerprint density at radius 3 is 2.56 bits per heavy atom. The minimum atomic E-state index is -0.563. The summed E-state index contributed by atoms with van der Waals surface area (Å²) in [6.45, 7) is 5.36. The molecule has 0 aliphatic rings. The van der Waals surface area contributed by atoms with Crippen molar-refractivity contribution in [3.8, 4) is 6.07 Å². The molecule has 0 N–H and O–H groups in total. The first-order chi connectivity index (χ1) is 7.33. The van der Waals surface area contributed by atoms with Crippen LogP contribution in [0.1, 0.15) is 36.7 Å². The summed E-state index contributed by atoms with van der Waals surface area (Å²) in [5, 5.41) is 8.88. The predicted octanol–water partition coefficient (Wildman–Crippen LogP) is 3.28. The van der Waals surface area contributed by atoms with Gasteiger partial charge in [-0.15, -0.1) is 0 Å². The van der Waals surface area contributed by atoms with E-state index in [0.29, 0.717) is 5.56 Å². The van der Waals surface area contributed by atoms with E-state index in [1.54, 1.807) is 39.0 Å². The van der Waals surface area contributed by atoms with Crippen molar-refractivity contribution in [3.05, 3.63) is 33.8 Å². The molecular weight excluding hydrogens is 270 g/mol. The van der Waals surface area contributed by atoms with Crippen LogP contribution in [0.25, 0.3) is 0 Å². The van der Waals surface area contributed by atoms with Gasteiger partial charge in [0.25, 0.3) is 0 Å². The van der Waals surface area contributed by atoms with Gasteiger partial charge in [0.2, 0.25) is 0 Å². The van der Waals surface area contributed by atoms with E-state index in [0.717, 1.165) is 4.47 Å². The summed E-state index contributed by atoms with van der Waals surface area (Å²) in [7, 11) is 0. The second-order valence-electron chi connectivity index (χ2n) is 4.30. The topological polar surface area (TPSA) is 50.1 Å². The number of carbonyl (C=O) groups is 1. The minimum absolute atomic E-state index is 0.284. The summed E-state index contributed by atoms with van der Waals surface area (Å²) in [5.74, 6) is -0.481. The van der Waals surface area contributed by atoms with Crippen LogP contribution in [0.4, 0.5) is 0 Å². The van der Waals surface area contributed by atoms with Crippen molar-refractivity contribution in [3.63, 3.8) is 0 Å². The molecule has 0 aliphatic carbocycles. The van der Waals surface area contributed by atoms with Crippen LogP contribution in [0.15, 0.2) is 22.7 Å². The third kappa shape index (κ3) is 3.35. The first-order valence-corrected chi connectivity index (χ1v) is 5.56. The van der Waals surface area contributed by atoms with Crippen LogP contribution in [0.5, 0.6) is 0 Å². The van der Waals surface area contributed by atoms with Crippen LogP contribution in [0.2, 0.25) is 0 Å². The van der Waals surface area contributed by atoms with E-state index in [2.05, 4.69) is 15.9 Å². The molecule has 0 fully saturated rings. The third-order valence-corrected chi connectivity index (χ3v) is 2.21. The Labute approximate surface area is 103 Å². The molecular formula is C12H12BrNO2. The van der Waals surface area contributed by atoms with E-state index in [1.807, 2.05) is 6.07 Å². The molecule has 0 atom stereocenters. The molecule has 4 heteroatoms. The normalized spacial score (nSPS) is 10.7. The van der Waals surface area contributed by atoms with E-state index in [4.69, 9.17) is 10.00 Å². The maximum Gasteiger partial charge on any atom is 0.340 e. The van der Waals surface area contributed by atoms with Gasteiger partial charge in [-0.25, -0.2) is 4.79 Å². The van der Waals surface area contributed by atoms with Crippen molar-refractivity contribution in [1.82, 2.24) is 0 Å². The molecule has 0 radical (unpaired) electrons. The van der Waals surface area contributed by atoms with Gasteiger partial charge in [-0.2, -0.15) is 5.26 Å². The van der Waals surface area contributed by atoms with Gasteiger partial charge in [-0.05, 0) is 39.0 Å². The van der Waals surface area contributed by atoms with E-state index in [-0.39, 0.29) is 5.56 Å². The molecule has 0 aliphatic heterocycles. The molecule has 0 aromatic heterocycles. The van der Waals surface area contributed by atoms with E-state index in [1.165, 1.54) is 0 Å². The Kier molecular flexibility index (Phi) is 3.71. The second-order valence-corrected chi connectivity index (χ2v) is 5.22. The lowest BCUT2D eigenvalue weighted by Gasteiger charge is -2.19. The maximum absolute atomic E-state index is 11.8. The van der Waals surface area contributed by atoms with E-state index < -0.39 is 11.6 Å². The van der Waals surface area contributed by atoms with Gasteiger partial charge < -0.3 is 4.74 Å². The van der Waals surface area contributed by atoms with Crippen molar-refractivity contribution in [2.45, 2.75) is 26.4 Å². The Morgan fingerprint density at radius 1 is 1.44 bits per heavy atom. The molecule has 0 unspecified atom stereocenters. The summed E-state index contributed by atoms with van der Waals surface area (Å²) in [6.07, 6.45) is 0. The highest BCUT2D eigenvalue weighted by molar-refractivity contribution is 9.10. The van der Waals surface area contributed by atoms with Crippen molar-refractivity contribution >= 4 is 21.9 Å². The van der Waals surface area contributed by atoms with E-state index in [9.17, 15) is 4.79 Å². The van der Waals surface area contributed by atoms with Crippen molar-refractivity contribution in [1.29, 1.82) is 5.26 Å². The van der Waals surface area contributed by atoms with Crippen molar-refractivity contribution in [2.75, 3.05) is 0 Å². The standard InChI is InChI=1S/C12H12BrNO2/c1-12(2,3)16-11(15)10-6-9(13)5-4-8(10)7-14/h4-6H,1-3H3. The molecule has 0 heterocycles. The molecule has 0 saturated heterocycles. The fourth-order valence-electron chi connectivity index (χ4n) is 1.12. The third-order valence-electron chi connectivity index (χ3n) is 1.72. The number of esters is 1. The Morgan fingerprint density at radius 2 is 2.06 bits per heavy atom. The Bertz CT molecular complexity index is 455. The number of ether oxygens (including phenoxy) is 1. The molecule has 1 rings (SSSR count). The average molecular weight is 282 g/mol. The zero-order valence-corrected chi connectivity index (χ0v) is 11.0. The molecule has 0 saturated carbocycles. The van der Waals surface area contributed by atoms with Gasteiger partial charge in [-0.1, -0.05) is 15.9 Å². The van der Waals surface area contributed by atoms with Crippen LogP contribution in [-0.4, -0.2) is 11.6 Å². The highest BCUT2D eigenvalue weighted by Gasteiger charge is 2.20. The van der Waals surface area contributed by atoms with Crippen LogP contribution in [0, 0.1) is 11.3 Å². The van der Waals surface area contributed by atoms with Crippen LogP contribution in [0.3, 0.4) is 0 Å². The first-order valence-electron chi connectivity index (χ1n) is 4.76. The highest BCUT2D eigenvalue weighted by atomic mass is 79.9. The molecule has 0 bridgehead atoms. The largest absolute Gasteiger partial charge is 0.456 e. The molecule has 3 nitrogen and oxygen atoms in total. The summed E-state index contributed by atoms with van der Waals surface area (Å²) in [6, 6.07) is 6.86. The van der Waals surface area contributed by atoms with Crippen LogP contribution in [-0.2, 0) is 4.74 Å². The quantitative estimate of drug-likeness (QED) is 0.743. The number of benzene rings is 1. The smallest absolute Gasteiger partial charge is 0.340 e. The van der Waals surface area contributed by atoms with Gasteiger partial charge in [0.15, 0.2) is 0 Å². The lowest BCUT2D eigenvalue weighted by Crippen LogP contribution is -2.24. The van der Waals surface area contributed by atoms with Gasteiger partial charge in [0, 0.05) is 4.47 Å². The average Bonchev–Trinajstić information content (AvgIpc) is 2.15. The fourth-order valence-corrected chi connectivity index (χ4v) is 1.48. The zero-order valence-electron chi connectivity index (χ0n) is 9.37. The van der Waals surface area contributed by atoms with Crippen molar-refractivity contribution < 1.29 is 9.53 Å². The lowest BCUT2D eigenvalue weighted by molar-refractivity contribution is 0.00691. The fraction of sp³-hybridized carbons (Fsp3) is 0.333. The Hall–Kier alpha value is -1.34. The number of nitriles is 1. The number of nitrogens with zero attached hydrogens (tertiary/aromatic N) is 1. The van der Waals surface area contributed by atoms with Crippen LogP contribution >= 0.6 is 15.9 Å². The minimum Gasteiger partial charge on any atom is -0.456 e. The van der Waals surface area contributed by atoms with Gasteiger partial charge >= 0.3 is 5.97 Å². The molecule has 16 heavy (non-hydrogen) atoms. The van der Waals surface area contributed by atoms with Crippen molar-refractivity contribution in [2.24, 2.45) is 0 Å².